The van der Waals surface area contributed by atoms with Crippen LogP contribution in [0, 0.1) is 45.8 Å². The molecule has 5 aliphatic carbocycles. The summed E-state index contributed by atoms with van der Waals surface area (Å²) in [6.07, 6.45) is 6.50. The van der Waals surface area contributed by atoms with Gasteiger partial charge in [0.25, 0.3) is 0 Å². The SMILES string of the molecule is CO[C@@H]1C[C@H]2[C@@H]3C[C@H](O)[C@](O)([C@H](C)C(=O)O)[C@@]3(C)CC[C@@H]2[C@@]2(C)CC[C@@H]3C[C@]312. The van der Waals surface area contributed by atoms with Gasteiger partial charge in [0.1, 0.15) is 5.60 Å². The van der Waals surface area contributed by atoms with Crippen molar-refractivity contribution in [2.45, 2.75) is 83.5 Å². The van der Waals surface area contributed by atoms with Crippen molar-refractivity contribution >= 4 is 5.97 Å². The smallest absolute Gasteiger partial charge is 0.309 e. The number of carboxylic acid groups (broad SMARTS) is 1. The van der Waals surface area contributed by atoms with Crippen LogP contribution in [-0.4, -0.2) is 46.2 Å². The zero-order chi connectivity index (χ0) is 20.3. The third kappa shape index (κ3) is 1.84. The zero-order valence-electron chi connectivity index (χ0n) is 17.6. The Morgan fingerprint density at radius 2 is 1.79 bits per heavy atom. The minimum atomic E-state index is -1.56. The van der Waals surface area contributed by atoms with Gasteiger partial charge in [-0.05, 0) is 81.0 Å². The number of hydrogen-bond acceptors (Lipinski definition) is 4. The van der Waals surface area contributed by atoms with Crippen LogP contribution in [0.3, 0.4) is 0 Å². The number of rotatable bonds is 3. The first-order valence-corrected chi connectivity index (χ1v) is 11.2. The van der Waals surface area contributed by atoms with E-state index in [1.54, 1.807) is 6.92 Å². The number of aliphatic carboxylic acids is 1. The average molecular weight is 393 g/mol. The van der Waals surface area contributed by atoms with Crippen LogP contribution in [0.25, 0.3) is 0 Å². The predicted octanol–water partition coefficient (Wildman–Crippen LogP) is 3.08. The largest absolute Gasteiger partial charge is 0.481 e. The molecule has 0 aromatic rings. The van der Waals surface area contributed by atoms with Gasteiger partial charge in [-0.25, -0.2) is 0 Å². The fourth-order valence-corrected chi connectivity index (χ4v) is 9.60. The molecule has 0 aliphatic heterocycles. The van der Waals surface area contributed by atoms with Gasteiger partial charge in [0.2, 0.25) is 0 Å². The molecule has 0 aromatic carbocycles. The van der Waals surface area contributed by atoms with Crippen LogP contribution in [0.2, 0.25) is 0 Å². The molecule has 0 radical (unpaired) electrons. The van der Waals surface area contributed by atoms with Gasteiger partial charge in [0.15, 0.2) is 0 Å². The summed E-state index contributed by atoms with van der Waals surface area (Å²) in [4.78, 5) is 11.8. The minimum Gasteiger partial charge on any atom is -0.481 e. The van der Waals surface area contributed by atoms with Crippen LogP contribution < -0.4 is 0 Å². The monoisotopic (exact) mass is 392 g/mol. The molecule has 0 saturated heterocycles. The van der Waals surface area contributed by atoms with E-state index in [-0.39, 0.29) is 17.4 Å². The number of ether oxygens (including phenoxy) is 1. The van der Waals surface area contributed by atoms with Crippen LogP contribution >= 0.6 is 0 Å². The molecule has 5 aliphatic rings. The van der Waals surface area contributed by atoms with E-state index in [0.717, 1.165) is 25.2 Å². The zero-order valence-corrected chi connectivity index (χ0v) is 17.6. The molecule has 3 N–H and O–H groups in total. The van der Waals surface area contributed by atoms with Gasteiger partial charge >= 0.3 is 5.97 Å². The number of hydrogen-bond donors (Lipinski definition) is 3. The van der Waals surface area contributed by atoms with Crippen molar-refractivity contribution in [1.82, 2.24) is 0 Å². The molecular formula is C23H36O5. The summed E-state index contributed by atoms with van der Waals surface area (Å²) >= 11 is 0. The van der Waals surface area contributed by atoms with Crippen LogP contribution in [0.4, 0.5) is 0 Å². The highest BCUT2D eigenvalue weighted by atomic mass is 16.5. The lowest BCUT2D eigenvalue weighted by molar-refractivity contribution is -0.208. The van der Waals surface area contributed by atoms with Gasteiger partial charge in [-0.1, -0.05) is 13.8 Å². The highest BCUT2D eigenvalue weighted by Crippen LogP contribution is 2.82. The normalized spacial score (nSPS) is 60.4. The maximum atomic E-state index is 11.8. The standard InChI is InChI=1S/C23H36O5/c1-12(19(25)26)23(27)17(24)10-16-14-9-18(28-4)22-11-13(22)5-7-20(22,2)15(14)6-8-21(16,23)3/h12-18,24,27H,5-11H2,1-4H3,(H,25,26)/t12-,13-,14-,15+,16+,17+,18-,20-,21+,22+,23-/m1/s1. The Morgan fingerprint density at radius 1 is 1.11 bits per heavy atom. The van der Waals surface area contributed by atoms with Crippen LogP contribution in [-0.2, 0) is 9.53 Å². The second kappa shape index (κ2) is 5.53. The molecule has 28 heavy (non-hydrogen) atoms. The molecule has 0 bridgehead atoms. The fourth-order valence-electron chi connectivity index (χ4n) is 9.60. The van der Waals surface area contributed by atoms with E-state index in [4.69, 9.17) is 4.74 Å². The first kappa shape index (κ1) is 19.3. The summed E-state index contributed by atoms with van der Waals surface area (Å²) in [5.74, 6) is -0.0430. The third-order valence-electron chi connectivity index (χ3n) is 11.1. The molecule has 0 aromatic heterocycles. The van der Waals surface area contributed by atoms with Crippen molar-refractivity contribution in [3.8, 4) is 0 Å². The summed E-state index contributed by atoms with van der Waals surface area (Å²) < 4.78 is 6.09. The Balaban J connectivity index is 1.55. The Morgan fingerprint density at radius 3 is 2.39 bits per heavy atom. The third-order valence-corrected chi connectivity index (χ3v) is 11.1. The van der Waals surface area contributed by atoms with Gasteiger partial charge in [0, 0.05) is 17.9 Å². The minimum absolute atomic E-state index is 0.151. The maximum absolute atomic E-state index is 11.8. The molecule has 0 heterocycles. The maximum Gasteiger partial charge on any atom is 0.309 e. The molecule has 158 valence electrons. The number of fused-ring (bicyclic) bond motifs is 4. The molecule has 5 heteroatoms. The van der Waals surface area contributed by atoms with E-state index in [1.165, 1.54) is 19.3 Å². The van der Waals surface area contributed by atoms with E-state index >= 15 is 0 Å². The lowest BCUT2D eigenvalue weighted by atomic mass is 9.44. The molecule has 11 atom stereocenters. The Hall–Kier alpha value is -0.650. The van der Waals surface area contributed by atoms with Crippen molar-refractivity contribution in [3.63, 3.8) is 0 Å². The van der Waals surface area contributed by atoms with Crippen molar-refractivity contribution in [3.05, 3.63) is 0 Å². The molecule has 0 amide bonds. The number of methoxy groups -OCH3 is 1. The van der Waals surface area contributed by atoms with E-state index < -0.39 is 29.0 Å². The lowest BCUT2D eigenvalue weighted by Crippen LogP contribution is -2.62. The van der Waals surface area contributed by atoms with E-state index in [0.29, 0.717) is 23.7 Å². The highest BCUT2D eigenvalue weighted by Gasteiger charge is 2.79. The Labute approximate surface area is 167 Å². The molecule has 5 nitrogen and oxygen atoms in total. The van der Waals surface area contributed by atoms with Crippen molar-refractivity contribution in [1.29, 1.82) is 0 Å². The summed E-state index contributed by atoms with van der Waals surface area (Å²) in [6.45, 7) is 6.10. The quantitative estimate of drug-likeness (QED) is 0.687. The van der Waals surface area contributed by atoms with Crippen LogP contribution in [0.5, 0.6) is 0 Å². The Kier molecular flexibility index (Phi) is 3.81. The molecule has 0 unspecified atom stereocenters. The fraction of sp³-hybridized carbons (Fsp3) is 0.957. The van der Waals surface area contributed by atoms with Crippen LogP contribution in [0.15, 0.2) is 0 Å². The molecule has 5 fully saturated rings. The first-order chi connectivity index (χ1) is 13.1. The highest BCUT2D eigenvalue weighted by molar-refractivity contribution is 5.71. The summed E-state index contributed by atoms with van der Waals surface area (Å²) in [7, 11) is 1.85. The number of aliphatic hydroxyl groups excluding tert-OH is 1. The lowest BCUT2D eigenvalue weighted by Gasteiger charge is -2.61. The number of carboxylic acids is 1. The second-order valence-electron chi connectivity index (χ2n) is 11.3. The van der Waals surface area contributed by atoms with Crippen molar-refractivity contribution in [2.24, 2.45) is 45.8 Å². The summed E-state index contributed by atoms with van der Waals surface area (Å²) in [6, 6.07) is 0. The Bertz CT molecular complexity index is 709. The van der Waals surface area contributed by atoms with Gasteiger partial charge in [-0.15, -0.1) is 0 Å². The van der Waals surface area contributed by atoms with Gasteiger partial charge in [-0.3, -0.25) is 4.79 Å². The van der Waals surface area contributed by atoms with Gasteiger partial charge in [0.05, 0.1) is 18.1 Å². The van der Waals surface area contributed by atoms with Gasteiger partial charge < -0.3 is 20.1 Å². The van der Waals surface area contributed by atoms with E-state index in [1.807, 2.05) is 14.0 Å². The van der Waals surface area contributed by atoms with Crippen molar-refractivity contribution < 1.29 is 24.9 Å². The molecule has 5 rings (SSSR count). The van der Waals surface area contributed by atoms with Crippen molar-refractivity contribution in [2.75, 3.05) is 7.11 Å². The van der Waals surface area contributed by atoms with Crippen LogP contribution in [0.1, 0.15) is 65.7 Å². The summed E-state index contributed by atoms with van der Waals surface area (Å²) in [5, 5.41) is 32.2. The molecule has 1 spiro atoms. The number of carbonyl (C=O) groups is 1. The molecular weight excluding hydrogens is 356 g/mol. The predicted molar refractivity (Wildman–Crippen MR) is 103 cm³/mol. The van der Waals surface area contributed by atoms with Gasteiger partial charge in [-0.2, -0.15) is 0 Å². The first-order valence-electron chi connectivity index (χ1n) is 11.2. The topological polar surface area (TPSA) is 87.0 Å². The van der Waals surface area contributed by atoms with E-state index in [9.17, 15) is 20.1 Å². The molecule has 5 saturated carbocycles. The van der Waals surface area contributed by atoms with E-state index in [2.05, 4.69) is 6.92 Å². The number of aliphatic hydroxyl groups is 2. The summed E-state index contributed by atoms with van der Waals surface area (Å²) in [5.41, 5.74) is -1.50. The average Bonchev–Trinajstić information content (AvgIpc) is 3.26. The second-order valence-corrected chi connectivity index (χ2v) is 11.3.